The van der Waals surface area contributed by atoms with Gasteiger partial charge in [-0.1, -0.05) is 6.07 Å². The van der Waals surface area contributed by atoms with Crippen LogP contribution in [-0.4, -0.2) is 18.0 Å². The molecule has 5 nitrogen and oxygen atoms in total. The average molecular weight is 340 g/mol. The van der Waals surface area contributed by atoms with Crippen molar-refractivity contribution in [2.75, 3.05) is 7.11 Å². The molecule has 0 saturated heterocycles. The number of aromatic nitrogens is 1. The smallest absolute Gasteiger partial charge is 0.251 e. The highest BCUT2D eigenvalue weighted by Crippen LogP contribution is 2.22. The van der Waals surface area contributed by atoms with Crippen molar-refractivity contribution in [1.82, 2.24) is 10.3 Å². The molecule has 0 aliphatic heterocycles. The summed E-state index contributed by atoms with van der Waals surface area (Å²) in [6.45, 7) is 2.05. The maximum Gasteiger partial charge on any atom is 0.251 e. The summed E-state index contributed by atoms with van der Waals surface area (Å²) in [4.78, 5) is 16.2. The monoisotopic (exact) mass is 339 g/mol. The highest BCUT2D eigenvalue weighted by atomic mass is 35.5. The lowest BCUT2D eigenvalue weighted by Crippen LogP contribution is -2.27. The van der Waals surface area contributed by atoms with Gasteiger partial charge in [0.2, 0.25) is 0 Å². The molecule has 0 aliphatic rings. The second kappa shape index (κ2) is 8.45. The van der Waals surface area contributed by atoms with Crippen molar-refractivity contribution in [3.63, 3.8) is 0 Å². The Hall–Kier alpha value is -2.18. The fourth-order valence-electron chi connectivity index (χ4n) is 2.05. The van der Waals surface area contributed by atoms with Crippen LogP contribution < -0.4 is 15.8 Å². The summed E-state index contributed by atoms with van der Waals surface area (Å²) in [5.74, 6) is -0.555. The summed E-state index contributed by atoms with van der Waals surface area (Å²) >= 11 is 0. The molecule has 0 radical (unpaired) electrons. The van der Waals surface area contributed by atoms with E-state index in [4.69, 9.17) is 10.5 Å². The zero-order valence-corrected chi connectivity index (χ0v) is 13.7. The Bertz CT molecular complexity index is 682. The van der Waals surface area contributed by atoms with Crippen molar-refractivity contribution < 1.29 is 13.9 Å². The molecular weight excluding hydrogens is 321 g/mol. The standard InChI is InChI=1S/C16H18FN3O2.ClH/c1-10(11-3-4-15(22-2)14(17)8-11)20-16(21)12-5-6-19-13(7-12)9-18;/h3-8,10H,9,18H2,1-2H3,(H,20,21);1H. The van der Waals surface area contributed by atoms with Crippen molar-refractivity contribution in [2.24, 2.45) is 5.73 Å². The first-order valence-corrected chi connectivity index (χ1v) is 6.84. The quantitative estimate of drug-likeness (QED) is 0.877. The molecule has 1 heterocycles. The van der Waals surface area contributed by atoms with Crippen molar-refractivity contribution in [3.8, 4) is 5.75 Å². The van der Waals surface area contributed by atoms with E-state index in [0.717, 1.165) is 0 Å². The summed E-state index contributed by atoms with van der Waals surface area (Å²) < 4.78 is 18.6. The average Bonchev–Trinajstić information content (AvgIpc) is 2.54. The van der Waals surface area contributed by atoms with Crippen LogP contribution in [0, 0.1) is 5.82 Å². The van der Waals surface area contributed by atoms with Gasteiger partial charge in [0.05, 0.1) is 18.8 Å². The summed E-state index contributed by atoms with van der Waals surface area (Å²) in [6, 6.07) is 7.49. The van der Waals surface area contributed by atoms with Crippen LogP contribution in [0.15, 0.2) is 36.5 Å². The van der Waals surface area contributed by atoms with E-state index in [0.29, 0.717) is 16.8 Å². The van der Waals surface area contributed by atoms with Crippen LogP contribution in [0.2, 0.25) is 0 Å². The molecule has 0 bridgehead atoms. The number of nitrogens with two attached hydrogens (primary N) is 1. The van der Waals surface area contributed by atoms with Gasteiger partial charge in [-0.3, -0.25) is 9.78 Å². The molecule has 0 spiro atoms. The van der Waals surface area contributed by atoms with Gasteiger partial charge in [-0.05, 0) is 36.8 Å². The van der Waals surface area contributed by atoms with E-state index in [2.05, 4.69) is 10.3 Å². The third-order valence-electron chi connectivity index (χ3n) is 3.31. The largest absolute Gasteiger partial charge is 0.494 e. The number of hydrogen-bond donors (Lipinski definition) is 2. The number of hydrogen-bond acceptors (Lipinski definition) is 4. The Labute approximate surface area is 140 Å². The van der Waals surface area contributed by atoms with Gasteiger partial charge in [-0.2, -0.15) is 0 Å². The van der Waals surface area contributed by atoms with Gasteiger partial charge in [0.15, 0.2) is 11.6 Å². The second-order valence-electron chi connectivity index (χ2n) is 4.83. The number of benzene rings is 1. The van der Waals surface area contributed by atoms with Crippen molar-refractivity contribution >= 4 is 18.3 Å². The first-order valence-electron chi connectivity index (χ1n) is 6.84. The van der Waals surface area contributed by atoms with E-state index < -0.39 is 5.82 Å². The van der Waals surface area contributed by atoms with Gasteiger partial charge in [0.25, 0.3) is 5.91 Å². The van der Waals surface area contributed by atoms with Crippen molar-refractivity contribution in [3.05, 3.63) is 59.2 Å². The predicted octanol–water partition coefficient (Wildman–Crippen LogP) is 2.60. The van der Waals surface area contributed by atoms with Crippen LogP contribution in [0.4, 0.5) is 4.39 Å². The molecule has 1 amide bonds. The van der Waals surface area contributed by atoms with E-state index in [1.165, 1.54) is 25.4 Å². The Morgan fingerprint density at radius 2 is 2.13 bits per heavy atom. The Balaban J connectivity index is 0.00000264. The lowest BCUT2D eigenvalue weighted by atomic mass is 10.1. The molecule has 2 aromatic rings. The van der Waals surface area contributed by atoms with Crippen molar-refractivity contribution in [1.29, 1.82) is 0 Å². The molecule has 1 aromatic heterocycles. The molecule has 0 aliphatic carbocycles. The van der Waals surface area contributed by atoms with Crippen LogP contribution in [0.5, 0.6) is 5.75 Å². The molecule has 23 heavy (non-hydrogen) atoms. The minimum absolute atomic E-state index is 0. The molecule has 1 atom stereocenters. The first-order chi connectivity index (χ1) is 10.5. The minimum atomic E-state index is -0.463. The Kier molecular flexibility index (Phi) is 6.93. The Morgan fingerprint density at radius 3 is 2.74 bits per heavy atom. The number of methoxy groups -OCH3 is 1. The van der Waals surface area contributed by atoms with E-state index in [-0.39, 0.29) is 36.7 Å². The number of nitrogens with zero attached hydrogens (tertiary/aromatic N) is 1. The van der Waals surface area contributed by atoms with Gasteiger partial charge < -0.3 is 15.8 Å². The van der Waals surface area contributed by atoms with Crippen LogP contribution in [-0.2, 0) is 6.54 Å². The number of rotatable bonds is 5. The fourth-order valence-corrected chi connectivity index (χ4v) is 2.05. The maximum atomic E-state index is 13.7. The minimum Gasteiger partial charge on any atom is -0.494 e. The first kappa shape index (κ1) is 18.9. The Morgan fingerprint density at radius 1 is 1.39 bits per heavy atom. The number of carbonyl (C=O) groups excluding carboxylic acids is 1. The molecule has 2 rings (SSSR count). The summed E-state index contributed by atoms with van der Waals surface area (Å²) in [7, 11) is 1.40. The van der Waals surface area contributed by atoms with E-state index in [9.17, 15) is 9.18 Å². The highest BCUT2D eigenvalue weighted by molar-refractivity contribution is 5.94. The second-order valence-corrected chi connectivity index (χ2v) is 4.83. The third kappa shape index (κ3) is 4.64. The van der Waals surface area contributed by atoms with Crippen LogP contribution in [0.25, 0.3) is 0 Å². The summed E-state index contributed by atoms with van der Waals surface area (Å²) in [5, 5.41) is 2.81. The van der Waals surface area contributed by atoms with Crippen LogP contribution in [0.3, 0.4) is 0 Å². The lowest BCUT2D eigenvalue weighted by molar-refractivity contribution is 0.0939. The third-order valence-corrected chi connectivity index (χ3v) is 3.31. The van der Waals surface area contributed by atoms with E-state index in [1.807, 2.05) is 0 Å². The molecule has 1 aromatic carbocycles. The van der Waals surface area contributed by atoms with Gasteiger partial charge in [0, 0.05) is 18.3 Å². The van der Waals surface area contributed by atoms with Gasteiger partial charge >= 0.3 is 0 Å². The maximum absolute atomic E-state index is 13.7. The molecule has 1 unspecified atom stereocenters. The number of pyridine rings is 1. The van der Waals surface area contributed by atoms with E-state index in [1.54, 1.807) is 25.1 Å². The molecule has 0 saturated carbocycles. The number of ether oxygens (including phenoxy) is 1. The number of nitrogens with one attached hydrogen (secondary N) is 1. The number of carbonyl (C=O) groups is 1. The van der Waals surface area contributed by atoms with Gasteiger partial charge in [-0.15, -0.1) is 12.4 Å². The van der Waals surface area contributed by atoms with Gasteiger partial charge in [0.1, 0.15) is 0 Å². The molecule has 0 fully saturated rings. The topological polar surface area (TPSA) is 77.2 Å². The van der Waals surface area contributed by atoms with E-state index >= 15 is 0 Å². The molecule has 3 N–H and O–H groups in total. The van der Waals surface area contributed by atoms with Crippen LogP contribution >= 0.6 is 12.4 Å². The van der Waals surface area contributed by atoms with Crippen LogP contribution in [0.1, 0.15) is 34.6 Å². The zero-order valence-electron chi connectivity index (χ0n) is 12.9. The molecular formula is C16H19ClFN3O2. The van der Waals surface area contributed by atoms with Gasteiger partial charge in [-0.25, -0.2) is 4.39 Å². The van der Waals surface area contributed by atoms with Crippen molar-refractivity contribution in [2.45, 2.75) is 19.5 Å². The number of amides is 1. The summed E-state index contributed by atoms with van der Waals surface area (Å²) in [5.41, 5.74) is 7.26. The fraction of sp³-hybridized carbons (Fsp3) is 0.250. The highest BCUT2D eigenvalue weighted by Gasteiger charge is 2.14. The number of halogens is 2. The zero-order chi connectivity index (χ0) is 16.1. The molecule has 7 heteroatoms. The normalized spacial score (nSPS) is 11.3. The SMILES string of the molecule is COc1ccc(C(C)NC(=O)c2ccnc(CN)c2)cc1F.Cl. The predicted molar refractivity (Wildman–Crippen MR) is 88.2 cm³/mol. The summed E-state index contributed by atoms with van der Waals surface area (Å²) in [6.07, 6.45) is 1.54. The lowest BCUT2D eigenvalue weighted by Gasteiger charge is -2.15. The molecule has 124 valence electrons.